The van der Waals surface area contributed by atoms with E-state index < -0.39 is 0 Å². The minimum Gasteiger partial charge on any atom is -0.328 e. The molecule has 1 saturated carbocycles. The molecule has 0 aromatic heterocycles. The third-order valence-corrected chi connectivity index (χ3v) is 5.04. The Labute approximate surface area is 79.5 Å². The monoisotopic (exact) mass is 185 g/mol. The maximum absolute atomic E-state index is 6.04. The fraction of sp³-hybridized carbons (Fsp3) is 1.00. The van der Waals surface area contributed by atoms with Crippen LogP contribution >= 0.6 is 11.8 Å². The van der Waals surface area contributed by atoms with Crippen LogP contribution in [0.5, 0.6) is 0 Å². The van der Waals surface area contributed by atoms with Crippen molar-refractivity contribution >= 4 is 11.8 Å². The highest BCUT2D eigenvalue weighted by Crippen LogP contribution is 2.54. The summed E-state index contributed by atoms with van der Waals surface area (Å²) in [6.45, 7) is 2.20. The van der Waals surface area contributed by atoms with E-state index in [4.69, 9.17) is 5.73 Å². The van der Waals surface area contributed by atoms with E-state index in [1.807, 2.05) is 0 Å². The molecule has 12 heavy (non-hydrogen) atoms. The Hall–Kier alpha value is 0.310. The van der Waals surface area contributed by atoms with Crippen LogP contribution in [0.2, 0.25) is 0 Å². The lowest BCUT2D eigenvalue weighted by atomic mass is 9.59. The van der Waals surface area contributed by atoms with E-state index in [2.05, 4.69) is 18.7 Å². The highest BCUT2D eigenvalue weighted by Gasteiger charge is 2.46. The molecule has 2 fully saturated rings. The molecule has 2 atom stereocenters. The minimum absolute atomic E-state index is 0.422. The minimum atomic E-state index is 0.422. The van der Waals surface area contributed by atoms with Gasteiger partial charge >= 0.3 is 0 Å². The van der Waals surface area contributed by atoms with Gasteiger partial charge in [0.25, 0.3) is 0 Å². The molecule has 1 heterocycles. The van der Waals surface area contributed by atoms with Crippen LogP contribution in [0.15, 0.2) is 0 Å². The van der Waals surface area contributed by atoms with Crippen molar-refractivity contribution in [3.05, 3.63) is 0 Å². The molecule has 1 spiro atoms. The molecule has 2 unspecified atom stereocenters. The molecule has 0 aromatic carbocycles. The maximum Gasteiger partial charge on any atom is 0.00446 e. The summed E-state index contributed by atoms with van der Waals surface area (Å²) in [5.41, 5.74) is 6.72. The Kier molecular flexibility index (Phi) is 2.39. The molecule has 0 bridgehead atoms. The summed E-state index contributed by atoms with van der Waals surface area (Å²) in [5.74, 6) is 3.56. The van der Waals surface area contributed by atoms with Crippen LogP contribution in [-0.4, -0.2) is 17.5 Å². The fourth-order valence-corrected chi connectivity index (χ4v) is 4.34. The summed E-state index contributed by atoms with van der Waals surface area (Å²) >= 11 is 2.14. The van der Waals surface area contributed by atoms with Gasteiger partial charge in [-0.05, 0) is 49.0 Å². The van der Waals surface area contributed by atoms with Crippen LogP contribution in [-0.2, 0) is 0 Å². The van der Waals surface area contributed by atoms with Crippen molar-refractivity contribution in [3.8, 4) is 0 Å². The quantitative estimate of drug-likeness (QED) is 0.678. The Morgan fingerprint density at radius 3 is 2.67 bits per heavy atom. The predicted molar refractivity (Wildman–Crippen MR) is 55.4 cm³/mol. The van der Waals surface area contributed by atoms with Crippen LogP contribution in [0.1, 0.15) is 32.6 Å². The van der Waals surface area contributed by atoms with Crippen LogP contribution in [0.3, 0.4) is 0 Å². The maximum atomic E-state index is 6.04. The van der Waals surface area contributed by atoms with Gasteiger partial charge in [-0.1, -0.05) is 6.42 Å². The number of rotatable bonds is 1. The van der Waals surface area contributed by atoms with Gasteiger partial charge in [-0.15, -0.1) is 0 Å². The van der Waals surface area contributed by atoms with Crippen molar-refractivity contribution in [1.82, 2.24) is 0 Å². The topological polar surface area (TPSA) is 26.0 Å². The second-order valence-electron chi connectivity index (χ2n) is 4.52. The first-order valence-electron chi connectivity index (χ1n) is 5.08. The molecule has 1 aliphatic heterocycles. The van der Waals surface area contributed by atoms with Crippen molar-refractivity contribution in [2.75, 3.05) is 11.5 Å². The molecular weight excluding hydrogens is 166 g/mol. The van der Waals surface area contributed by atoms with Gasteiger partial charge in [-0.25, -0.2) is 0 Å². The standard InChI is InChI=1S/C10H19NS/c1-8(11)9-3-6-12-7-10(9)4-2-5-10/h8-9H,2-7,11H2,1H3. The third kappa shape index (κ3) is 1.29. The Balaban J connectivity index is 2.06. The van der Waals surface area contributed by atoms with Crippen LogP contribution in [0.25, 0.3) is 0 Å². The molecular formula is C10H19NS. The Morgan fingerprint density at radius 1 is 1.50 bits per heavy atom. The smallest absolute Gasteiger partial charge is 0.00446 e. The van der Waals surface area contributed by atoms with Gasteiger partial charge in [0, 0.05) is 6.04 Å². The van der Waals surface area contributed by atoms with E-state index in [1.54, 1.807) is 0 Å². The SMILES string of the molecule is CC(N)C1CCSCC12CCC2. The summed E-state index contributed by atoms with van der Waals surface area (Å²) in [6.07, 6.45) is 5.71. The van der Waals surface area contributed by atoms with E-state index in [0.717, 1.165) is 5.92 Å². The predicted octanol–water partition coefficient (Wildman–Crippen LogP) is 2.26. The van der Waals surface area contributed by atoms with Gasteiger partial charge in [0.1, 0.15) is 0 Å². The Bertz CT molecular complexity index is 163. The number of hydrogen-bond donors (Lipinski definition) is 1. The second kappa shape index (κ2) is 3.22. The van der Waals surface area contributed by atoms with Crippen LogP contribution in [0, 0.1) is 11.3 Å². The molecule has 1 saturated heterocycles. The normalized spacial score (nSPS) is 36.0. The molecule has 1 nitrogen and oxygen atoms in total. The molecule has 0 amide bonds. The lowest BCUT2D eigenvalue weighted by Crippen LogP contribution is -2.49. The summed E-state index contributed by atoms with van der Waals surface area (Å²) in [6, 6.07) is 0.422. The van der Waals surface area contributed by atoms with Crippen molar-refractivity contribution in [1.29, 1.82) is 0 Å². The zero-order valence-corrected chi connectivity index (χ0v) is 8.70. The molecule has 2 heteroatoms. The summed E-state index contributed by atoms with van der Waals surface area (Å²) in [4.78, 5) is 0. The van der Waals surface area contributed by atoms with E-state index in [1.165, 1.54) is 37.2 Å². The average molecular weight is 185 g/mol. The zero-order chi connectivity index (χ0) is 8.60. The molecule has 0 radical (unpaired) electrons. The molecule has 2 N–H and O–H groups in total. The van der Waals surface area contributed by atoms with E-state index in [0.29, 0.717) is 11.5 Å². The van der Waals surface area contributed by atoms with Gasteiger partial charge in [-0.3, -0.25) is 0 Å². The Morgan fingerprint density at radius 2 is 2.25 bits per heavy atom. The van der Waals surface area contributed by atoms with Crippen molar-refractivity contribution < 1.29 is 0 Å². The highest BCUT2D eigenvalue weighted by atomic mass is 32.2. The van der Waals surface area contributed by atoms with Gasteiger partial charge in [0.15, 0.2) is 0 Å². The third-order valence-electron chi connectivity index (χ3n) is 3.73. The van der Waals surface area contributed by atoms with Gasteiger partial charge < -0.3 is 5.73 Å². The van der Waals surface area contributed by atoms with Crippen LogP contribution in [0.4, 0.5) is 0 Å². The lowest BCUT2D eigenvalue weighted by Gasteiger charge is -2.52. The molecule has 2 aliphatic rings. The van der Waals surface area contributed by atoms with E-state index >= 15 is 0 Å². The second-order valence-corrected chi connectivity index (χ2v) is 5.63. The van der Waals surface area contributed by atoms with Crippen molar-refractivity contribution in [3.63, 3.8) is 0 Å². The van der Waals surface area contributed by atoms with Crippen LogP contribution < -0.4 is 5.73 Å². The molecule has 70 valence electrons. The van der Waals surface area contributed by atoms with Gasteiger partial charge in [0.2, 0.25) is 0 Å². The average Bonchev–Trinajstić information content (AvgIpc) is 2.01. The first-order valence-corrected chi connectivity index (χ1v) is 6.23. The molecule has 1 aliphatic carbocycles. The largest absolute Gasteiger partial charge is 0.328 e. The highest BCUT2D eigenvalue weighted by molar-refractivity contribution is 7.99. The van der Waals surface area contributed by atoms with E-state index in [9.17, 15) is 0 Å². The number of hydrogen-bond acceptors (Lipinski definition) is 2. The first-order chi connectivity index (χ1) is 5.75. The van der Waals surface area contributed by atoms with Gasteiger partial charge in [0.05, 0.1) is 0 Å². The lowest BCUT2D eigenvalue weighted by molar-refractivity contribution is 0.0566. The summed E-state index contributed by atoms with van der Waals surface area (Å²) in [7, 11) is 0. The van der Waals surface area contributed by atoms with Crippen molar-refractivity contribution in [2.24, 2.45) is 17.1 Å². The van der Waals surface area contributed by atoms with Gasteiger partial charge in [-0.2, -0.15) is 11.8 Å². The molecule has 0 aromatic rings. The zero-order valence-electron chi connectivity index (χ0n) is 7.88. The van der Waals surface area contributed by atoms with E-state index in [-0.39, 0.29) is 0 Å². The summed E-state index contributed by atoms with van der Waals surface area (Å²) in [5, 5.41) is 0. The molecule has 2 rings (SSSR count). The summed E-state index contributed by atoms with van der Waals surface area (Å²) < 4.78 is 0. The van der Waals surface area contributed by atoms with Crippen molar-refractivity contribution in [2.45, 2.75) is 38.6 Å². The fourth-order valence-electron chi connectivity index (χ4n) is 2.87. The number of thioether (sulfide) groups is 1. The first kappa shape index (κ1) is 8.89. The number of nitrogens with two attached hydrogens (primary N) is 1.